The number of fused-ring (bicyclic) bond motifs is 1. The normalized spacial score (nSPS) is 10.8. The molecule has 32 heavy (non-hydrogen) atoms. The molecular formula is C23H22N4O3S2. The van der Waals surface area contributed by atoms with Gasteiger partial charge in [0.05, 0.1) is 25.7 Å². The number of amides is 1. The Morgan fingerprint density at radius 1 is 1.22 bits per heavy atom. The first kappa shape index (κ1) is 21.9. The maximum absolute atomic E-state index is 12.6. The molecule has 7 nitrogen and oxygen atoms in total. The van der Waals surface area contributed by atoms with Gasteiger partial charge in [0.25, 0.3) is 0 Å². The van der Waals surface area contributed by atoms with Gasteiger partial charge in [0.1, 0.15) is 11.5 Å². The molecule has 0 saturated carbocycles. The highest BCUT2D eigenvalue weighted by molar-refractivity contribution is 7.99. The average molecular weight is 467 g/mol. The van der Waals surface area contributed by atoms with Crippen molar-refractivity contribution >= 4 is 44.8 Å². The van der Waals surface area contributed by atoms with Crippen molar-refractivity contribution in [2.75, 3.05) is 25.3 Å². The highest BCUT2D eigenvalue weighted by Gasteiger charge is 2.18. The van der Waals surface area contributed by atoms with Crippen LogP contribution in [0.2, 0.25) is 0 Å². The van der Waals surface area contributed by atoms with E-state index in [0.29, 0.717) is 28.9 Å². The first-order chi connectivity index (χ1) is 15.6. The van der Waals surface area contributed by atoms with Crippen LogP contribution >= 0.6 is 23.1 Å². The molecule has 1 N–H and O–H groups in total. The molecule has 9 heteroatoms. The lowest BCUT2D eigenvalue weighted by Gasteiger charge is -2.12. The minimum atomic E-state index is -0.183. The van der Waals surface area contributed by atoms with Crippen LogP contribution in [-0.4, -0.2) is 40.6 Å². The van der Waals surface area contributed by atoms with E-state index in [-0.39, 0.29) is 11.7 Å². The molecule has 4 aromatic rings. The summed E-state index contributed by atoms with van der Waals surface area (Å²) in [6, 6.07) is 13.5. The Hall–Kier alpha value is -3.30. The smallest absolute Gasteiger partial charge is 0.234 e. The lowest BCUT2D eigenvalue weighted by Crippen LogP contribution is -2.15. The van der Waals surface area contributed by atoms with Crippen molar-refractivity contribution in [1.29, 1.82) is 0 Å². The summed E-state index contributed by atoms with van der Waals surface area (Å²) in [5.74, 6) is 1.94. The van der Waals surface area contributed by atoms with Crippen molar-refractivity contribution in [2.45, 2.75) is 11.7 Å². The van der Waals surface area contributed by atoms with E-state index < -0.39 is 0 Å². The number of hydrogen-bond acceptors (Lipinski definition) is 7. The van der Waals surface area contributed by atoms with Gasteiger partial charge in [-0.1, -0.05) is 36.0 Å². The molecule has 0 unspecified atom stereocenters. The zero-order chi connectivity index (χ0) is 22.5. The van der Waals surface area contributed by atoms with Crippen molar-refractivity contribution in [3.63, 3.8) is 0 Å². The standard InChI is InChI=1S/C23H22N4O3S2/c1-4-11-27-22(17-13-31-20-8-6-5-7-16(17)20)25-26-23(27)32-14-21(28)24-18-12-15(29-2)9-10-19(18)30-3/h4-10,12-13H,1,11,14H2,2-3H3,(H,24,28). The minimum absolute atomic E-state index is 0.167. The molecule has 0 atom stereocenters. The van der Waals surface area contributed by atoms with Gasteiger partial charge in [0, 0.05) is 33.6 Å². The van der Waals surface area contributed by atoms with Gasteiger partial charge in [-0.3, -0.25) is 9.36 Å². The second-order valence-corrected chi connectivity index (χ2v) is 8.61. The lowest BCUT2D eigenvalue weighted by molar-refractivity contribution is -0.113. The van der Waals surface area contributed by atoms with Crippen LogP contribution in [0.3, 0.4) is 0 Å². The van der Waals surface area contributed by atoms with Crippen LogP contribution in [0.25, 0.3) is 21.5 Å². The zero-order valence-electron chi connectivity index (χ0n) is 17.7. The van der Waals surface area contributed by atoms with Crippen LogP contribution in [0, 0.1) is 0 Å². The Morgan fingerprint density at radius 2 is 2.06 bits per heavy atom. The molecule has 0 aliphatic heterocycles. The van der Waals surface area contributed by atoms with E-state index in [9.17, 15) is 4.79 Å². The summed E-state index contributed by atoms with van der Waals surface area (Å²) in [7, 11) is 3.13. The number of anilines is 1. The maximum atomic E-state index is 12.6. The van der Waals surface area contributed by atoms with Crippen molar-refractivity contribution in [3.05, 3.63) is 60.5 Å². The fraction of sp³-hybridized carbons (Fsp3) is 0.174. The number of carbonyl (C=O) groups is 1. The number of hydrogen-bond donors (Lipinski definition) is 1. The number of nitrogens with one attached hydrogen (secondary N) is 1. The van der Waals surface area contributed by atoms with E-state index in [1.807, 2.05) is 16.7 Å². The molecule has 0 aliphatic carbocycles. The molecule has 0 bridgehead atoms. The van der Waals surface area contributed by atoms with Crippen LogP contribution in [0.15, 0.2) is 65.7 Å². The Labute approximate surface area is 194 Å². The number of carbonyl (C=O) groups excluding carboxylic acids is 1. The summed E-state index contributed by atoms with van der Waals surface area (Å²) in [6.07, 6.45) is 1.80. The molecule has 1 amide bonds. The third kappa shape index (κ3) is 4.49. The number of aromatic nitrogens is 3. The number of thiophene rings is 1. The molecule has 0 fully saturated rings. The molecule has 2 heterocycles. The number of methoxy groups -OCH3 is 2. The summed E-state index contributed by atoms with van der Waals surface area (Å²) < 4.78 is 13.7. The molecule has 164 valence electrons. The summed E-state index contributed by atoms with van der Waals surface area (Å²) in [5.41, 5.74) is 1.58. The monoisotopic (exact) mass is 466 g/mol. The van der Waals surface area contributed by atoms with E-state index in [1.165, 1.54) is 16.5 Å². The number of ether oxygens (including phenoxy) is 2. The van der Waals surface area contributed by atoms with Gasteiger partial charge in [-0.15, -0.1) is 28.1 Å². The van der Waals surface area contributed by atoms with Crippen molar-refractivity contribution < 1.29 is 14.3 Å². The Balaban J connectivity index is 1.53. The van der Waals surface area contributed by atoms with E-state index >= 15 is 0 Å². The van der Waals surface area contributed by atoms with Gasteiger partial charge >= 0.3 is 0 Å². The zero-order valence-corrected chi connectivity index (χ0v) is 19.3. The minimum Gasteiger partial charge on any atom is -0.497 e. The average Bonchev–Trinajstić information content (AvgIpc) is 3.41. The molecule has 0 spiro atoms. The molecule has 2 aromatic heterocycles. The molecule has 0 saturated heterocycles. The fourth-order valence-corrected chi connectivity index (χ4v) is 4.95. The predicted molar refractivity (Wildman–Crippen MR) is 130 cm³/mol. The third-order valence-corrected chi connectivity index (χ3v) is 6.69. The summed E-state index contributed by atoms with van der Waals surface area (Å²) in [5, 5.41) is 15.5. The highest BCUT2D eigenvalue weighted by atomic mass is 32.2. The summed E-state index contributed by atoms with van der Waals surface area (Å²) in [4.78, 5) is 12.6. The largest absolute Gasteiger partial charge is 0.497 e. The second-order valence-electron chi connectivity index (χ2n) is 6.75. The lowest BCUT2D eigenvalue weighted by atomic mass is 10.1. The third-order valence-electron chi connectivity index (χ3n) is 4.76. The molecule has 0 radical (unpaired) electrons. The Kier molecular flexibility index (Phi) is 6.77. The van der Waals surface area contributed by atoms with Gasteiger partial charge in [0.15, 0.2) is 11.0 Å². The molecule has 2 aromatic carbocycles. The fourth-order valence-electron chi connectivity index (χ4n) is 3.27. The highest BCUT2D eigenvalue weighted by Crippen LogP contribution is 2.34. The van der Waals surface area contributed by atoms with Crippen LogP contribution < -0.4 is 14.8 Å². The van der Waals surface area contributed by atoms with Crippen molar-refractivity contribution in [1.82, 2.24) is 14.8 Å². The Morgan fingerprint density at radius 3 is 2.84 bits per heavy atom. The number of allylic oxidation sites excluding steroid dienone is 1. The second kappa shape index (κ2) is 9.88. The van der Waals surface area contributed by atoms with E-state index in [4.69, 9.17) is 9.47 Å². The van der Waals surface area contributed by atoms with Crippen LogP contribution in [0.5, 0.6) is 11.5 Å². The molecular weight excluding hydrogens is 444 g/mol. The number of thioether (sulfide) groups is 1. The number of rotatable bonds is 9. The summed E-state index contributed by atoms with van der Waals surface area (Å²) >= 11 is 2.99. The van der Waals surface area contributed by atoms with E-state index in [0.717, 1.165) is 16.8 Å². The van der Waals surface area contributed by atoms with E-state index in [1.54, 1.807) is 49.8 Å². The van der Waals surface area contributed by atoms with Crippen molar-refractivity contribution in [2.24, 2.45) is 0 Å². The first-order valence-corrected chi connectivity index (χ1v) is 11.7. The Bertz CT molecular complexity index is 1270. The van der Waals surface area contributed by atoms with Crippen LogP contribution in [0.4, 0.5) is 5.69 Å². The first-order valence-electron chi connectivity index (χ1n) is 9.80. The number of benzene rings is 2. The molecule has 0 aliphatic rings. The maximum Gasteiger partial charge on any atom is 0.234 e. The topological polar surface area (TPSA) is 78.3 Å². The van der Waals surface area contributed by atoms with Gasteiger partial charge in [-0.25, -0.2) is 0 Å². The van der Waals surface area contributed by atoms with Gasteiger partial charge in [-0.05, 0) is 18.2 Å². The van der Waals surface area contributed by atoms with Crippen LogP contribution in [0.1, 0.15) is 0 Å². The molecule has 4 rings (SSSR count). The number of nitrogens with zero attached hydrogens (tertiary/aromatic N) is 3. The SMILES string of the molecule is C=CCn1c(SCC(=O)Nc2cc(OC)ccc2OC)nnc1-c1csc2ccccc12. The van der Waals surface area contributed by atoms with Crippen molar-refractivity contribution in [3.8, 4) is 22.9 Å². The quantitative estimate of drug-likeness (QED) is 0.273. The summed E-state index contributed by atoms with van der Waals surface area (Å²) in [6.45, 7) is 4.40. The predicted octanol–water partition coefficient (Wildman–Crippen LogP) is 5.09. The van der Waals surface area contributed by atoms with Gasteiger partial charge in [0.2, 0.25) is 5.91 Å². The van der Waals surface area contributed by atoms with Gasteiger partial charge in [-0.2, -0.15) is 0 Å². The van der Waals surface area contributed by atoms with E-state index in [2.05, 4.69) is 39.6 Å². The van der Waals surface area contributed by atoms with Crippen LogP contribution in [-0.2, 0) is 11.3 Å². The van der Waals surface area contributed by atoms with Gasteiger partial charge < -0.3 is 14.8 Å².